The van der Waals surface area contributed by atoms with Crippen LogP contribution in [0.1, 0.15) is 18.1 Å². The number of benzene rings is 2. The Labute approximate surface area is 132 Å². The fourth-order valence-electron chi connectivity index (χ4n) is 2.07. The zero-order valence-electron chi connectivity index (χ0n) is 12.6. The molecule has 0 aliphatic carbocycles. The maximum atomic E-state index is 12.9. The maximum absolute atomic E-state index is 12.9. The first kappa shape index (κ1) is 16.9. The normalized spacial score (nSPS) is 11.1. The van der Waals surface area contributed by atoms with E-state index in [0.717, 1.165) is 18.2 Å². The number of carbonyl (C=O) groups excluding carboxylic acids is 1. The van der Waals surface area contributed by atoms with Crippen LogP contribution in [0.25, 0.3) is 0 Å². The van der Waals surface area contributed by atoms with Gasteiger partial charge in [-0.3, -0.25) is 4.79 Å². The highest BCUT2D eigenvalue weighted by Gasteiger charge is 2.33. The van der Waals surface area contributed by atoms with Crippen molar-refractivity contribution >= 4 is 17.3 Å². The van der Waals surface area contributed by atoms with Gasteiger partial charge >= 0.3 is 6.18 Å². The first-order valence-corrected chi connectivity index (χ1v) is 7.19. The Morgan fingerprint density at radius 2 is 1.70 bits per heavy atom. The zero-order chi connectivity index (χ0) is 16.9. The molecule has 3 nitrogen and oxygen atoms in total. The fraction of sp³-hybridized carbons (Fsp3) is 0.235. The van der Waals surface area contributed by atoms with Gasteiger partial charge in [-0.1, -0.05) is 31.2 Å². The second kappa shape index (κ2) is 7.17. The van der Waals surface area contributed by atoms with Crippen LogP contribution in [0.3, 0.4) is 0 Å². The lowest BCUT2D eigenvalue weighted by atomic mass is 10.1. The molecular formula is C17H17F3N2O. The summed E-state index contributed by atoms with van der Waals surface area (Å²) in [4.78, 5) is 11.8. The molecular weight excluding hydrogens is 305 g/mol. The molecule has 0 radical (unpaired) electrons. The van der Waals surface area contributed by atoms with Crippen LogP contribution >= 0.6 is 0 Å². The van der Waals surface area contributed by atoms with Crippen LogP contribution < -0.4 is 10.6 Å². The molecule has 23 heavy (non-hydrogen) atoms. The Balaban J connectivity index is 1.97. The third-order valence-corrected chi connectivity index (χ3v) is 3.32. The molecule has 0 bridgehead atoms. The smallest absolute Gasteiger partial charge is 0.376 e. The number of carbonyl (C=O) groups is 1. The number of amides is 1. The summed E-state index contributed by atoms with van der Waals surface area (Å²) in [5.41, 5.74) is 0.800. The molecule has 0 heterocycles. The van der Waals surface area contributed by atoms with Crippen molar-refractivity contribution < 1.29 is 18.0 Å². The van der Waals surface area contributed by atoms with Gasteiger partial charge in [0.25, 0.3) is 0 Å². The van der Waals surface area contributed by atoms with E-state index in [-0.39, 0.29) is 12.2 Å². The minimum Gasteiger partial charge on any atom is -0.376 e. The number of rotatable bonds is 5. The third kappa shape index (κ3) is 4.74. The summed E-state index contributed by atoms with van der Waals surface area (Å²) in [5.74, 6) is -0.540. The Kier molecular flexibility index (Phi) is 5.26. The summed E-state index contributed by atoms with van der Waals surface area (Å²) < 4.78 is 38.6. The van der Waals surface area contributed by atoms with Crippen molar-refractivity contribution in [2.24, 2.45) is 0 Å². The van der Waals surface area contributed by atoms with E-state index in [4.69, 9.17) is 0 Å². The van der Waals surface area contributed by atoms with Gasteiger partial charge in [-0.15, -0.1) is 0 Å². The predicted octanol–water partition coefficient (Wildman–Crippen LogP) is 4.32. The number of alkyl halides is 3. The van der Waals surface area contributed by atoms with Gasteiger partial charge in [-0.2, -0.15) is 13.2 Å². The third-order valence-electron chi connectivity index (χ3n) is 3.32. The lowest BCUT2D eigenvalue weighted by Gasteiger charge is -2.14. The quantitative estimate of drug-likeness (QED) is 0.861. The maximum Gasteiger partial charge on any atom is 0.418 e. The van der Waals surface area contributed by atoms with Gasteiger partial charge in [0, 0.05) is 5.69 Å². The average Bonchev–Trinajstić information content (AvgIpc) is 2.53. The van der Waals surface area contributed by atoms with E-state index in [0.29, 0.717) is 0 Å². The van der Waals surface area contributed by atoms with E-state index < -0.39 is 17.6 Å². The second-order valence-corrected chi connectivity index (χ2v) is 5.00. The second-order valence-electron chi connectivity index (χ2n) is 5.00. The van der Waals surface area contributed by atoms with Gasteiger partial charge in [-0.25, -0.2) is 0 Å². The number of nitrogens with one attached hydrogen (secondary N) is 2. The molecule has 122 valence electrons. The Morgan fingerprint density at radius 3 is 2.30 bits per heavy atom. The molecule has 0 spiro atoms. The van der Waals surface area contributed by atoms with Gasteiger partial charge in [0.15, 0.2) is 0 Å². The van der Waals surface area contributed by atoms with E-state index in [2.05, 4.69) is 10.6 Å². The minimum atomic E-state index is -4.51. The van der Waals surface area contributed by atoms with Gasteiger partial charge in [0.1, 0.15) is 0 Å². The highest BCUT2D eigenvalue weighted by molar-refractivity contribution is 5.94. The standard InChI is InChI=1S/C17H17F3N2O/c1-2-12-7-9-13(10-8-12)21-11-16(23)22-15-6-4-3-5-14(15)17(18,19)20/h3-10,21H,2,11H2,1H3,(H,22,23). The lowest BCUT2D eigenvalue weighted by molar-refractivity contribution is -0.137. The summed E-state index contributed by atoms with van der Waals surface area (Å²) in [6, 6.07) is 12.4. The molecule has 0 atom stereocenters. The minimum absolute atomic E-state index is 0.113. The SMILES string of the molecule is CCc1ccc(NCC(=O)Nc2ccccc2C(F)(F)F)cc1. The molecule has 0 saturated heterocycles. The molecule has 2 N–H and O–H groups in total. The fourth-order valence-corrected chi connectivity index (χ4v) is 2.07. The summed E-state index contributed by atoms with van der Waals surface area (Å²) in [7, 11) is 0. The van der Waals surface area contributed by atoms with Crippen molar-refractivity contribution in [1.82, 2.24) is 0 Å². The summed E-state index contributed by atoms with van der Waals surface area (Å²) >= 11 is 0. The van der Waals surface area contributed by atoms with Crippen molar-refractivity contribution in [3.05, 3.63) is 59.7 Å². The van der Waals surface area contributed by atoms with Crippen molar-refractivity contribution in [2.45, 2.75) is 19.5 Å². The van der Waals surface area contributed by atoms with Crippen LogP contribution in [-0.4, -0.2) is 12.5 Å². The van der Waals surface area contributed by atoms with E-state index >= 15 is 0 Å². The van der Waals surface area contributed by atoms with Crippen LogP contribution in [0.2, 0.25) is 0 Å². The number of halogens is 3. The molecule has 0 aliphatic heterocycles. The monoisotopic (exact) mass is 322 g/mol. The molecule has 0 aliphatic rings. The van der Waals surface area contributed by atoms with Gasteiger partial charge in [-0.05, 0) is 36.2 Å². The topological polar surface area (TPSA) is 41.1 Å². The highest BCUT2D eigenvalue weighted by Crippen LogP contribution is 2.34. The van der Waals surface area contributed by atoms with Gasteiger partial charge < -0.3 is 10.6 Å². The Bertz CT molecular complexity index is 666. The lowest BCUT2D eigenvalue weighted by Crippen LogP contribution is -2.23. The van der Waals surface area contributed by atoms with Crippen LogP contribution in [0.5, 0.6) is 0 Å². The van der Waals surface area contributed by atoms with Crippen LogP contribution in [0.15, 0.2) is 48.5 Å². The number of para-hydroxylation sites is 1. The first-order chi connectivity index (χ1) is 10.9. The van der Waals surface area contributed by atoms with Crippen molar-refractivity contribution in [2.75, 3.05) is 17.2 Å². The molecule has 2 aromatic rings. The Morgan fingerprint density at radius 1 is 1.04 bits per heavy atom. The average molecular weight is 322 g/mol. The molecule has 2 rings (SSSR count). The van der Waals surface area contributed by atoms with E-state index in [1.165, 1.54) is 23.8 Å². The van der Waals surface area contributed by atoms with Crippen molar-refractivity contribution in [3.8, 4) is 0 Å². The predicted molar refractivity (Wildman–Crippen MR) is 84.4 cm³/mol. The largest absolute Gasteiger partial charge is 0.418 e. The molecule has 2 aromatic carbocycles. The molecule has 0 aromatic heterocycles. The molecule has 0 fully saturated rings. The summed E-state index contributed by atoms with van der Waals surface area (Å²) in [6.45, 7) is 1.92. The molecule has 0 unspecified atom stereocenters. The van der Waals surface area contributed by atoms with Crippen LogP contribution in [-0.2, 0) is 17.4 Å². The number of aryl methyl sites for hydroxylation is 1. The number of anilines is 2. The van der Waals surface area contributed by atoms with E-state index in [9.17, 15) is 18.0 Å². The Hall–Kier alpha value is -2.50. The summed E-state index contributed by atoms with van der Waals surface area (Å²) in [5, 5.41) is 5.17. The van der Waals surface area contributed by atoms with Crippen molar-refractivity contribution in [3.63, 3.8) is 0 Å². The highest BCUT2D eigenvalue weighted by atomic mass is 19.4. The van der Waals surface area contributed by atoms with E-state index in [1.807, 2.05) is 31.2 Å². The van der Waals surface area contributed by atoms with Crippen LogP contribution in [0.4, 0.5) is 24.5 Å². The molecule has 0 saturated carbocycles. The zero-order valence-corrected chi connectivity index (χ0v) is 12.6. The van der Waals surface area contributed by atoms with Crippen molar-refractivity contribution in [1.29, 1.82) is 0 Å². The van der Waals surface area contributed by atoms with E-state index in [1.54, 1.807) is 0 Å². The molecule has 1 amide bonds. The number of hydrogen-bond donors (Lipinski definition) is 2. The summed E-state index contributed by atoms with van der Waals surface area (Å²) in [6.07, 6.45) is -3.59. The number of hydrogen-bond acceptors (Lipinski definition) is 2. The first-order valence-electron chi connectivity index (χ1n) is 7.19. The van der Waals surface area contributed by atoms with Gasteiger partial charge in [0.2, 0.25) is 5.91 Å². The van der Waals surface area contributed by atoms with Gasteiger partial charge in [0.05, 0.1) is 17.8 Å². The van der Waals surface area contributed by atoms with Crippen LogP contribution in [0, 0.1) is 0 Å². The molecule has 6 heteroatoms.